The first kappa shape index (κ1) is 13.0. The molecule has 0 aromatic carbocycles. The van der Waals surface area contributed by atoms with Gasteiger partial charge in [0.2, 0.25) is 0 Å². The van der Waals surface area contributed by atoms with Gasteiger partial charge in [-0.25, -0.2) is 9.78 Å². The quantitative estimate of drug-likeness (QED) is 0.847. The number of hydrogen-bond acceptors (Lipinski definition) is 3. The van der Waals surface area contributed by atoms with E-state index in [4.69, 9.17) is 0 Å². The Bertz CT molecular complexity index is 506. The van der Waals surface area contributed by atoms with Gasteiger partial charge in [0, 0.05) is 12.7 Å². The molecule has 1 aliphatic rings. The zero-order valence-electron chi connectivity index (χ0n) is 9.89. The SMILES string of the molecule is CC1(C(=O)O)CCCN1C(=O)c1cccnc1Br. The fourth-order valence-corrected chi connectivity index (χ4v) is 2.62. The van der Waals surface area contributed by atoms with Crippen LogP contribution in [0.15, 0.2) is 22.9 Å². The second-order valence-corrected chi connectivity index (χ2v) is 5.23. The normalized spacial score (nSPS) is 23.1. The van der Waals surface area contributed by atoms with Gasteiger partial charge >= 0.3 is 5.97 Å². The number of carbonyl (C=O) groups excluding carboxylic acids is 1. The molecule has 1 unspecified atom stereocenters. The topological polar surface area (TPSA) is 70.5 Å². The smallest absolute Gasteiger partial charge is 0.329 e. The lowest BCUT2D eigenvalue weighted by Gasteiger charge is -2.31. The van der Waals surface area contributed by atoms with Crippen LogP contribution in [0.2, 0.25) is 0 Å². The lowest BCUT2D eigenvalue weighted by Crippen LogP contribution is -2.50. The Kier molecular flexibility index (Phi) is 3.38. The van der Waals surface area contributed by atoms with Crippen molar-refractivity contribution in [1.29, 1.82) is 0 Å². The van der Waals surface area contributed by atoms with Crippen molar-refractivity contribution >= 4 is 27.8 Å². The van der Waals surface area contributed by atoms with Gasteiger partial charge in [0.15, 0.2) is 0 Å². The summed E-state index contributed by atoms with van der Waals surface area (Å²) in [6, 6.07) is 3.30. The number of rotatable bonds is 2. The van der Waals surface area contributed by atoms with Gasteiger partial charge in [-0.15, -0.1) is 0 Å². The highest BCUT2D eigenvalue weighted by Crippen LogP contribution is 2.31. The number of carbonyl (C=O) groups is 2. The number of pyridine rings is 1. The summed E-state index contributed by atoms with van der Waals surface area (Å²) in [5.74, 6) is -1.26. The minimum Gasteiger partial charge on any atom is -0.480 e. The molecule has 1 aromatic heterocycles. The van der Waals surface area contributed by atoms with Gasteiger partial charge < -0.3 is 10.0 Å². The van der Waals surface area contributed by atoms with Gasteiger partial charge in [-0.1, -0.05) is 0 Å². The molecule has 6 heteroatoms. The molecular formula is C12H13BrN2O3. The Labute approximate surface area is 113 Å². The molecule has 0 saturated carbocycles. The van der Waals surface area contributed by atoms with Crippen LogP contribution in [-0.2, 0) is 4.79 Å². The van der Waals surface area contributed by atoms with E-state index >= 15 is 0 Å². The minimum absolute atomic E-state index is 0.294. The maximum Gasteiger partial charge on any atom is 0.329 e. The van der Waals surface area contributed by atoms with E-state index in [0.29, 0.717) is 29.6 Å². The molecule has 0 spiro atoms. The van der Waals surface area contributed by atoms with Crippen LogP contribution in [0.1, 0.15) is 30.1 Å². The molecule has 1 fully saturated rings. The molecule has 5 nitrogen and oxygen atoms in total. The average Bonchev–Trinajstić information content (AvgIpc) is 2.72. The highest BCUT2D eigenvalue weighted by Gasteiger charge is 2.46. The molecule has 96 valence electrons. The van der Waals surface area contributed by atoms with Crippen molar-refractivity contribution < 1.29 is 14.7 Å². The molecule has 1 atom stereocenters. The highest BCUT2D eigenvalue weighted by atomic mass is 79.9. The third-order valence-corrected chi connectivity index (χ3v) is 3.97. The van der Waals surface area contributed by atoms with Crippen molar-refractivity contribution in [3.05, 3.63) is 28.5 Å². The first-order valence-electron chi connectivity index (χ1n) is 5.62. The van der Waals surface area contributed by atoms with Crippen LogP contribution in [0.5, 0.6) is 0 Å². The summed E-state index contributed by atoms with van der Waals surface area (Å²) in [5, 5.41) is 9.29. The lowest BCUT2D eigenvalue weighted by molar-refractivity contribution is -0.147. The Morgan fingerprint density at radius 1 is 1.56 bits per heavy atom. The Hall–Kier alpha value is -1.43. The third-order valence-electron chi connectivity index (χ3n) is 3.34. The van der Waals surface area contributed by atoms with Gasteiger partial charge in [0.05, 0.1) is 5.56 Å². The van der Waals surface area contributed by atoms with Crippen molar-refractivity contribution in [2.45, 2.75) is 25.3 Å². The highest BCUT2D eigenvalue weighted by molar-refractivity contribution is 9.10. The molecule has 0 aliphatic carbocycles. The second kappa shape index (κ2) is 4.68. The molecule has 1 saturated heterocycles. The predicted octanol–water partition coefficient (Wildman–Crippen LogP) is 1.92. The molecule has 1 N–H and O–H groups in total. The van der Waals surface area contributed by atoms with Crippen LogP contribution >= 0.6 is 15.9 Å². The van der Waals surface area contributed by atoms with E-state index < -0.39 is 11.5 Å². The number of carboxylic acids is 1. The Morgan fingerprint density at radius 2 is 2.28 bits per heavy atom. The monoisotopic (exact) mass is 312 g/mol. The number of carboxylic acid groups (broad SMARTS) is 1. The molecular weight excluding hydrogens is 300 g/mol. The molecule has 0 bridgehead atoms. The number of likely N-dealkylation sites (tertiary alicyclic amines) is 1. The summed E-state index contributed by atoms with van der Waals surface area (Å²) < 4.78 is 0.439. The number of amides is 1. The number of halogens is 1. The summed E-state index contributed by atoms with van der Waals surface area (Å²) in [4.78, 5) is 29.1. The fraction of sp³-hybridized carbons (Fsp3) is 0.417. The molecule has 18 heavy (non-hydrogen) atoms. The van der Waals surface area contributed by atoms with Crippen LogP contribution in [0.25, 0.3) is 0 Å². The number of aliphatic carboxylic acids is 1. The maximum atomic E-state index is 12.4. The minimum atomic E-state index is -1.12. The summed E-state index contributed by atoms with van der Waals surface area (Å²) in [6.45, 7) is 2.05. The first-order chi connectivity index (χ1) is 8.47. The lowest BCUT2D eigenvalue weighted by atomic mass is 9.99. The Morgan fingerprint density at radius 3 is 2.89 bits per heavy atom. The van der Waals surface area contributed by atoms with E-state index in [1.165, 1.54) is 4.90 Å². The zero-order valence-corrected chi connectivity index (χ0v) is 11.5. The second-order valence-electron chi connectivity index (χ2n) is 4.48. The van der Waals surface area contributed by atoms with Crippen LogP contribution < -0.4 is 0 Å². The standard InChI is InChI=1S/C12H13BrN2O3/c1-12(11(17)18)5-3-7-15(12)10(16)8-4-2-6-14-9(8)13/h2,4,6H,3,5,7H2,1H3,(H,17,18). The van der Waals surface area contributed by atoms with Gasteiger partial charge in [-0.05, 0) is 47.8 Å². The summed E-state index contributed by atoms with van der Waals surface area (Å²) in [6.07, 6.45) is 2.75. The van der Waals surface area contributed by atoms with E-state index in [1.54, 1.807) is 25.3 Å². The Balaban J connectivity index is 2.35. The molecule has 1 aromatic rings. The fourth-order valence-electron chi connectivity index (χ4n) is 2.20. The molecule has 1 amide bonds. The van der Waals surface area contributed by atoms with Crippen molar-refractivity contribution in [3.8, 4) is 0 Å². The average molecular weight is 313 g/mol. The van der Waals surface area contributed by atoms with Crippen molar-refractivity contribution in [2.24, 2.45) is 0 Å². The van der Waals surface area contributed by atoms with Crippen LogP contribution in [-0.4, -0.2) is 39.0 Å². The molecule has 1 aliphatic heterocycles. The van der Waals surface area contributed by atoms with Crippen molar-refractivity contribution in [3.63, 3.8) is 0 Å². The van der Waals surface area contributed by atoms with Crippen LogP contribution in [0.3, 0.4) is 0 Å². The van der Waals surface area contributed by atoms with E-state index in [1.807, 2.05) is 0 Å². The summed E-state index contributed by atoms with van der Waals surface area (Å²) >= 11 is 3.21. The van der Waals surface area contributed by atoms with E-state index in [2.05, 4.69) is 20.9 Å². The number of aromatic nitrogens is 1. The summed E-state index contributed by atoms with van der Waals surface area (Å²) in [7, 11) is 0. The number of hydrogen-bond donors (Lipinski definition) is 1. The molecule has 2 heterocycles. The van der Waals surface area contributed by atoms with Crippen molar-refractivity contribution in [2.75, 3.05) is 6.54 Å². The van der Waals surface area contributed by atoms with Crippen LogP contribution in [0.4, 0.5) is 0 Å². The first-order valence-corrected chi connectivity index (χ1v) is 6.42. The zero-order chi connectivity index (χ0) is 13.3. The van der Waals surface area contributed by atoms with E-state index in [-0.39, 0.29) is 5.91 Å². The third kappa shape index (κ3) is 2.01. The van der Waals surface area contributed by atoms with Gasteiger partial charge in [0.1, 0.15) is 10.1 Å². The molecule has 0 radical (unpaired) electrons. The van der Waals surface area contributed by atoms with Gasteiger partial charge in [-0.3, -0.25) is 4.79 Å². The molecule has 2 rings (SSSR count). The van der Waals surface area contributed by atoms with Crippen molar-refractivity contribution in [1.82, 2.24) is 9.88 Å². The largest absolute Gasteiger partial charge is 0.480 e. The van der Waals surface area contributed by atoms with E-state index in [9.17, 15) is 14.7 Å². The van der Waals surface area contributed by atoms with Gasteiger partial charge in [-0.2, -0.15) is 0 Å². The van der Waals surface area contributed by atoms with E-state index in [0.717, 1.165) is 0 Å². The van der Waals surface area contributed by atoms with Crippen LogP contribution in [0, 0.1) is 0 Å². The predicted molar refractivity (Wildman–Crippen MR) is 68.2 cm³/mol. The maximum absolute atomic E-state index is 12.4. The van der Waals surface area contributed by atoms with Gasteiger partial charge in [0.25, 0.3) is 5.91 Å². The number of nitrogens with zero attached hydrogens (tertiary/aromatic N) is 2. The summed E-state index contributed by atoms with van der Waals surface area (Å²) in [5.41, 5.74) is -0.723.